The molecule has 0 aliphatic carbocycles. The van der Waals surface area contributed by atoms with Crippen molar-refractivity contribution in [3.63, 3.8) is 0 Å². The molecule has 21 heavy (non-hydrogen) atoms. The Labute approximate surface area is 125 Å². The molecule has 3 nitrogen and oxygen atoms in total. The van der Waals surface area contributed by atoms with Crippen LogP contribution in [0.15, 0.2) is 47.1 Å². The van der Waals surface area contributed by atoms with Gasteiger partial charge in [-0.3, -0.25) is 4.98 Å². The number of rotatable bonds is 4. The molecular formula is C18H20N2O. The van der Waals surface area contributed by atoms with Gasteiger partial charge in [-0.1, -0.05) is 26.0 Å². The largest absolute Gasteiger partial charge is 0.467 e. The Bertz CT molecular complexity index is 759. The van der Waals surface area contributed by atoms with Crippen LogP contribution in [-0.4, -0.2) is 11.0 Å². The van der Waals surface area contributed by atoms with Gasteiger partial charge in [-0.15, -0.1) is 0 Å². The van der Waals surface area contributed by atoms with Gasteiger partial charge >= 0.3 is 0 Å². The Morgan fingerprint density at radius 3 is 2.81 bits per heavy atom. The molecular weight excluding hydrogens is 260 g/mol. The van der Waals surface area contributed by atoms with Crippen molar-refractivity contribution in [1.82, 2.24) is 10.3 Å². The van der Waals surface area contributed by atoms with E-state index in [9.17, 15) is 0 Å². The fourth-order valence-electron chi connectivity index (χ4n) is 2.43. The molecule has 0 aliphatic rings. The Hall–Kier alpha value is -2.13. The fourth-order valence-corrected chi connectivity index (χ4v) is 2.43. The van der Waals surface area contributed by atoms with Gasteiger partial charge in [0.25, 0.3) is 0 Å². The predicted molar refractivity (Wildman–Crippen MR) is 86.2 cm³/mol. The zero-order valence-corrected chi connectivity index (χ0v) is 12.7. The molecule has 3 aromatic rings. The van der Waals surface area contributed by atoms with Gasteiger partial charge in [0.1, 0.15) is 5.76 Å². The molecule has 0 saturated carbocycles. The van der Waals surface area contributed by atoms with Crippen molar-refractivity contribution >= 4 is 10.9 Å². The van der Waals surface area contributed by atoms with Crippen LogP contribution in [0.4, 0.5) is 0 Å². The van der Waals surface area contributed by atoms with E-state index >= 15 is 0 Å². The smallest absolute Gasteiger partial charge is 0.125 e. The number of pyridine rings is 1. The summed E-state index contributed by atoms with van der Waals surface area (Å²) in [5.41, 5.74) is 4.39. The van der Waals surface area contributed by atoms with E-state index in [1.165, 1.54) is 5.56 Å². The van der Waals surface area contributed by atoms with E-state index in [1.54, 1.807) is 6.26 Å². The Morgan fingerprint density at radius 2 is 2.00 bits per heavy atom. The summed E-state index contributed by atoms with van der Waals surface area (Å²) in [5.74, 6) is 0.975. The lowest BCUT2D eigenvalue weighted by molar-refractivity contribution is 0.466. The number of hydrogen-bond donors (Lipinski definition) is 1. The second-order valence-corrected chi connectivity index (χ2v) is 5.65. The van der Waals surface area contributed by atoms with E-state index in [-0.39, 0.29) is 0 Å². The third-order valence-corrected chi connectivity index (χ3v) is 3.56. The van der Waals surface area contributed by atoms with Crippen LogP contribution >= 0.6 is 0 Å². The third-order valence-electron chi connectivity index (χ3n) is 3.56. The van der Waals surface area contributed by atoms with Gasteiger partial charge in [-0.05, 0) is 36.8 Å². The standard InChI is InChI=1S/C18H20N2O/c1-12(2)19-11-18-16(8-9-21-18)14-6-7-17-15(10-14)5-4-13(3)20-17/h4-10,12,19H,11H2,1-3H3. The summed E-state index contributed by atoms with van der Waals surface area (Å²) in [7, 11) is 0. The second-order valence-electron chi connectivity index (χ2n) is 5.65. The lowest BCUT2D eigenvalue weighted by atomic mass is 10.0. The van der Waals surface area contributed by atoms with Crippen LogP contribution in [0.3, 0.4) is 0 Å². The molecule has 0 saturated heterocycles. The Morgan fingerprint density at radius 1 is 1.14 bits per heavy atom. The zero-order valence-electron chi connectivity index (χ0n) is 12.7. The van der Waals surface area contributed by atoms with E-state index in [1.807, 2.05) is 19.1 Å². The van der Waals surface area contributed by atoms with E-state index in [2.05, 4.69) is 48.4 Å². The quantitative estimate of drug-likeness (QED) is 0.774. The van der Waals surface area contributed by atoms with Crippen molar-refractivity contribution in [2.45, 2.75) is 33.4 Å². The molecule has 0 amide bonds. The van der Waals surface area contributed by atoms with Crippen LogP contribution in [0.2, 0.25) is 0 Å². The van der Waals surface area contributed by atoms with Crippen LogP contribution in [0.1, 0.15) is 25.3 Å². The molecule has 3 rings (SSSR count). The number of nitrogens with zero attached hydrogens (tertiary/aromatic N) is 1. The molecule has 0 spiro atoms. The molecule has 1 aromatic carbocycles. The molecule has 108 valence electrons. The van der Waals surface area contributed by atoms with Crippen molar-refractivity contribution in [3.05, 3.63) is 54.1 Å². The summed E-state index contributed by atoms with van der Waals surface area (Å²) in [6, 6.07) is 13.0. The topological polar surface area (TPSA) is 38.1 Å². The molecule has 0 bridgehead atoms. The van der Waals surface area contributed by atoms with Gasteiger partial charge in [0.05, 0.1) is 18.3 Å². The van der Waals surface area contributed by atoms with Crippen LogP contribution in [0, 0.1) is 6.92 Å². The normalized spacial score (nSPS) is 11.4. The van der Waals surface area contributed by atoms with Gasteiger partial charge < -0.3 is 9.73 Å². The highest BCUT2D eigenvalue weighted by atomic mass is 16.3. The SMILES string of the molecule is Cc1ccc2cc(-c3ccoc3CNC(C)C)ccc2n1. The Balaban J connectivity index is 1.97. The maximum atomic E-state index is 5.62. The zero-order chi connectivity index (χ0) is 14.8. The minimum absolute atomic E-state index is 0.437. The molecule has 3 heteroatoms. The average Bonchev–Trinajstić information content (AvgIpc) is 2.93. The highest BCUT2D eigenvalue weighted by Gasteiger charge is 2.10. The number of aryl methyl sites for hydroxylation is 1. The van der Waals surface area contributed by atoms with E-state index < -0.39 is 0 Å². The maximum absolute atomic E-state index is 5.62. The van der Waals surface area contributed by atoms with Crippen molar-refractivity contribution in [2.75, 3.05) is 0 Å². The summed E-state index contributed by atoms with van der Waals surface area (Å²) in [6.07, 6.45) is 1.75. The molecule has 0 unspecified atom stereocenters. The third kappa shape index (κ3) is 2.98. The average molecular weight is 280 g/mol. The molecule has 0 atom stereocenters. The van der Waals surface area contributed by atoms with Gasteiger partial charge in [-0.25, -0.2) is 0 Å². The van der Waals surface area contributed by atoms with Crippen molar-refractivity contribution < 1.29 is 4.42 Å². The molecule has 1 N–H and O–H groups in total. The summed E-state index contributed by atoms with van der Waals surface area (Å²) < 4.78 is 5.62. The number of aromatic nitrogens is 1. The first kappa shape index (κ1) is 13.8. The van der Waals surface area contributed by atoms with Crippen LogP contribution in [-0.2, 0) is 6.54 Å². The maximum Gasteiger partial charge on any atom is 0.125 e. The molecule has 2 heterocycles. The monoisotopic (exact) mass is 280 g/mol. The van der Waals surface area contributed by atoms with E-state index in [0.717, 1.165) is 34.5 Å². The summed E-state index contributed by atoms with van der Waals surface area (Å²) in [4.78, 5) is 4.54. The van der Waals surface area contributed by atoms with E-state index in [4.69, 9.17) is 4.42 Å². The van der Waals surface area contributed by atoms with Gasteiger partial charge in [0, 0.05) is 22.7 Å². The lowest BCUT2D eigenvalue weighted by Crippen LogP contribution is -2.21. The van der Waals surface area contributed by atoms with Gasteiger partial charge in [0.2, 0.25) is 0 Å². The molecule has 0 aliphatic heterocycles. The molecule has 2 aromatic heterocycles. The van der Waals surface area contributed by atoms with Crippen molar-refractivity contribution in [1.29, 1.82) is 0 Å². The Kier molecular flexibility index (Phi) is 3.76. The first-order chi connectivity index (χ1) is 10.1. The van der Waals surface area contributed by atoms with E-state index in [0.29, 0.717) is 6.04 Å². The number of nitrogens with one attached hydrogen (secondary N) is 1. The second kappa shape index (κ2) is 5.70. The lowest BCUT2D eigenvalue weighted by Gasteiger charge is -2.08. The minimum Gasteiger partial charge on any atom is -0.467 e. The van der Waals surface area contributed by atoms with Gasteiger partial charge in [0.15, 0.2) is 0 Å². The highest BCUT2D eigenvalue weighted by molar-refractivity contribution is 5.84. The van der Waals surface area contributed by atoms with Crippen molar-refractivity contribution in [3.8, 4) is 11.1 Å². The first-order valence-electron chi connectivity index (χ1n) is 7.31. The number of benzene rings is 1. The van der Waals surface area contributed by atoms with Gasteiger partial charge in [-0.2, -0.15) is 0 Å². The predicted octanol–water partition coefficient (Wildman–Crippen LogP) is 4.30. The first-order valence-corrected chi connectivity index (χ1v) is 7.31. The highest BCUT2D eigenvalue weighted by Crippen LogP contribution is 2.27. The molecule has 0 radical (unpaired) electrons. The summed E-state index contributed by atoms with van der Waals surface area (Å²) >= 11 is 0. The molecule has 0 fully saturated rings. The van der Waals surface area contributed by atoms with Crippen LogP contribution in [0.25, 0.3) is 22.0 Å². The van der Waals surface area contributed by atoms with Crippen molar-refractivity contribution in [2.24, 2.45) is 0 Å². The number of hydrogen-bond acceptors (Lipinski definition) is 3. The summed E-state index contributed by atoms with van der Waals surface area (Å²) in [6.45, 7) is 7.02. The van der Waals surface area contributed by atoms with Crippen LogP contribution in [0.5, 0.6) is 0 Å². The number of furan rings is 1. The number of fused-ring (bicyclic) bond motifs is 1. The fraction of sp³-hybridized carbons (Fsp3) is 0.278. The minimum atomic E-state index is 0.437. The van der Waals surface area contributed by atoms with Crippen LogP contribution < -0.4 is 5.32 Å². The summed E-state index contributed by atoms with van der Waals surface area (Å²) in [5, 5.41) is 4.55.